The van der Waals surface area contributed by atoms with Crippen molar-refractivity contribution in [2.24, 2.45) is 11.3 Å². The van der Waals surface area contributed by atoms with Crippen LogP contribution < -0.4 is 0 Å². The minimum Gasteiger partial charge on any atom is -0.465 e. The van der Waals surface area contributed by atoms with Gasteiger partial charge in [0, 0.05) is 40.8 Å². The van der Waals surface area contributed by atoms with Gasteiger partial charge in [0.2, 0.25) is 0 Å². The molecule has 4 bridgehead atoms. The van der Waals surface area contributed by atoms with Crippen LogP contribution in [0.5, 0.6) is 0 Å². The Morgan fingerprint density at radius 1 is 0.746 bits per heavy atom. The average molecular weight is 884 g/mol. The zero-order chi connectivity index (χ0) is 46.4. The van der Waals surface area contributed by atoms with E-state index >= 15 is 0 Å². The van der Waals surface area contributed by atoms with Crippen LogP contribution in [0.2, 0.25) is 0 Å². The molecule has 20 nitrogen and oxygen atoms in total. The first-order chi connectivity index (χ1) is 29.4. The van der Waals surface area contributed by atoms with E-state index < -0.39 is 138 Å². The quantitative estimate of drug-likeness (QED) is 0.279. The first-order valence-corrected chi connectivity index (χ1v) is 20.0. The summed E-state index contributed by atoms with van der Waals surface area (Å²) in [5.74, 6) is -10.5. The minimum atomic E-state index is -2.98. The van der Waals surface area contributed by atoms with E-state index in [1.54, 1.807) is 6.07 Å². The molecule has 2 aliphatic heterocycles. The van der Waals surface area contributed by atoms with Crippen LogP contribution in [0, 0.1) is 11.3 Å². The van der Waals surface area contributed by atoms with Crippen LogP contribution in [0.25, 0.3) is 0 Å². The molecule has 12 atom stereocenters. The number of aryl methyl sites for hydroxylation is 1. The van der Waals surface area contributed by atoms with Crippen molar-refractivity contribution in [1.82, 2.24) is 4.98 Å². The lowest BCUT2D eigenvalue weighted by molar-refractivity contribution is -0.386. The van der Waals surface area contributed by atoms with Crippen LogP contribution in [0.15, 0.2) is 48.7 Å². The standard InChI is InChI=1S/C43H49NO19/c1-21(45)55-20-42-34(59-24(4)48)30(57-22(2)46)29-32(58-23(3)47)43(42)41(8,54)33(31(35(42)60-25(5)49)61-36(50)26-13-10-9-11-14-26)62-38(52)39(6,53)17-16-28-27(15-12-18-44-28)37(51)56-19-40(29,7)63-43/h9-15,18,29-35,53-54H,16-17,19-20H2,1-8H3/t29-,30-,31+,32+,33+,34-,35+,39?,40+,41+,42-,43?/m1/s1. The van der Waals surface area contributed by atoms with Gasteiger partial charge in [-0.1, -0.05) is 18.2 Å². The predicted molar refractivity (Wildman–Crippen MR) is 207 cm³/mol. The molecule has 2 N–H and O–H groups in total. The van der Waals surface area contributed by atoms with Gasteiger partial charge in [-0.25, -0.2) is 14.4 Å². The van der Waals surface area contributed by atoms with E-state index in [-0.39, 0.29) is 23.2 Å². The molecule has 0 radical (unpaired) electrons. The molecule has 4 aliphatic rings. The van der Waals surface area contributed by atoms with Crippen molar-refractivity contribution in [3.8, 4) is 0 Å². The van der Waals surface area contributed by atoms with Crippen molar-refractivity contribution in [1.29, 1.82) is 0 Å². The summed E-state index contributed by atoms with van der Waals surface area (Å²) in [6.07, 6.45) is -12.0. The summed E-state index contributed by atoms with van der Waals surface area (Å²) in [6, 6.07) is 10.1. The smallest absolute Gasteiger partial charge is 0.340 e. The number of carbonyl (C=O) groups is 8. The second-order valence-electron chi connectivity index (χ2n) is 16.7. The number of benzene rings is 1. The lowest BCUT2D eigenvalue weighted by Gasteiger charge is -2.67. The number of hydrogen-bond acceptors (Lipinski definition) is 20. The van der Waals surface area contributed by atoms with E-state index in [4.69, 9.17) is 42.6 Å². The molecular formula is C43H49NO19. The summed E-state index contributed by atoms with van der Waals surface area (Å²) in [7, 11) is 0. The number of aromatic nitrogens is 1. The molecule has 2 unspecified atom stereocenters. The fourth-order valence-corrected chi connectivity index (χ4v) is 9.73. The maximum Gasteiger partial charge on any atom is 0.340 e. The van der Waals surface area contributed by atoms with E-state index in [0.717, 1.165) is 48.5 Å². The molecule has 2 aliphatic carbocycles. The maximum absolute atomic E-state index is 14.5. The Labute approximate surface area is 360 Å². The summed E-state index contributed by atoms with van der Waals surface area (Å²) >= 11 is 0. The van der Waals surface area contributed by atoms with Gasteiger partial charge in [0.05, 0.1) is 22.7 Å². The van der Waals surface area contributed by atoms with Gasteiger partial charge in [-0.3, -0.25) is 29.0 Å². The highest BCUT2D eigenvalue weighted by Gasteiger charge is 2.92. The molecule has 1 spiro atoms. The molecular weight excluding hydrogens is 834 g/mol. The highest BCUT2D eigenvalue weighted by molar-refractivity contribution is 5.91. The molecule has 1 saturated heterocycles. The van der Waals surface area contributed by atoms with Crippen molar-refractivity contribution < 1.29 is 91.2 Å². The largest absolute Gasteiger partial charge is 0.465 e. The number of ether oxygens (including phenoxy) is 9. The minimum absolute atomic E-state index is 0.0847. The fraction of sp³-hybridized carbons (Fsp3) is 0.558. The second kappa shape index (κ2) is 16.9. The van der Waals surface area contributed by atoms with Crippen LogP contribution in [-0.4, -0.2) is 135 Å². The first kappa shape index (κ1) is 46.5. The van der Waals surface area contributed by atoms with Crippen LogP contribution >= 0.6 is 0 Å². The van der Waals surface area contributed by atoms with Crippen LogP contribution in [-0.2, 0) is 77.8 Å². The second-order valence-corrected chi connectivity index (χ2v) is 16.7. The van der Waals surface area contributed by atoms with Gasteiger partial charge >= 0.3 is 47.8 Å². The number of nitrogens with zero attached hydrogens (tertiary/aromatic N) is 1. The lowest BCUT2D eigenvalue weighted by atomic mass is 9.45. The molecule has 3 heterocycles. The molecule has 1 aromatic carbocycles. The zero-order valence-electron chi connectivity index (χ0n) is 35.8. The molecule has 3 fully saturated rings. The summed E-state index contributed by atoms with van der Waals surface area (Å²) in [6.45, 7) is 6.37. The summed E-state index contributed by atoms with van der Waals surface area (Å²) < 4.78 is 54.9. The van der Waals surface area contributed by atoms with E-state index in [9.17, 15) is 48.6 Å². The Morgan fingerprint density at radius 3 is 1.92 bits per heavy atom. The van der Waals surface area contributed by atoms with Crippen molar-refractivity contribution in [3.63, 3.8) is 0 Å². The number of hydrogen-bond donors (Lipinski definition) is 2. The molecule has 340 valence electrons. The Hall–Kier alpha value is -5.99. The van der Waals surface area contributed by atoms with Gasteiger partial charge < -0.3 is 52.8 Å². The SMILES string of the molecule is CC(=O)OC[C@]12[C@H](OC(C)=O)[C@H](OC(C)=O)[C@@H]3[C@H](OC(C)=O)C14O[C@@]3(C)COC(=O)c1cccnc1CCC(C)(O)C(=O)O[C@@H]([C@H](OC(=O)c1ccccc1)[C@@H]2OC(C)=O)[C@]4(C)O. The third kappa shape index (κ3) is 7.99. The summed E-state index contributed by atoms with van der Waals surface area (Å²) in [5.41, 5.74) is -13.3. The molecule has 63 heavy (non-hydrogen) atoms. The van der Waals surface area contributed by atoms with Gasteiger partial charge in [-0.05, 0) is 57.9 Å². The number of esters is 8. The summed E-state index contributed by atoms with van der Waals surface area (Å²) in [5, 5.41) is 25.4. The number of rotatable bonds is 8. The first-order valence-electron chi connectivity index (χ1n) is 20.0. The Kier molecular flexibility index (Phi) is 12.5. The molecule has 20 heteroatoms. The lowest BCUT2D eigenvalue weighted by Crippen LogP contribution is -2.89. The van der Waals surface area contributed by atoms with Gasteiger partial charge in [0.1, 0.15) is 42.0 Å². The monoisotopic (exact) mass is 883 g/mol. The molecule has 6 rings (SSSR count). The number of carbonyl (C=O) groups excluding carboxylic acids is 8. The average Bonchev–Trinajstić information content (AvgIpc) is 3.42. The normalized spacial score (nSPS) is 35.8. The fourth-order valence-electron chi connectivity index (χ4n) is 9.73. The van der Waals surface area contributed by atoms with Gasteiger partial charge in [-0.15, -0.1) is 0 Å². The Morgan fingerprint density at radius 2 is 1.33 bits per heavy atom. The van der Waals surface area contributed by atoms with Gasteiger partial charge in [-0.2, -0.15) is 0 Å². The zero-order valence-corrected chi connectivity index (χ0v) is 35.8. The van der Waals surface area contributed by atoms with Gasteiger partial charge in [0.15, 0.2) is 35.6 Å². The maximum atomic E-state index is 14.5. The third-order valence-corrected chi connectivity index (χ3v) is 12.2. The molecule has 1 aromatic heterocycles. The van der Waals surface area contributed by atoms with Gasteiger partial charge in [0.25, 0.3) is 0 Å². The van der Waals surface area contributed by atoms with Crippen molar-refractivity contribution in [3.05, 3.63) is 65.5 Å². The Bertz CT molecular complexity index is 2190. The van der Waals surface area contributed by atoms with E-state index in [0.29, 0.717) is 0 Å². The third-order valence-electron chi connectivity index (χ3n) is 12.2. The topological polar surface area (TPSA) is 273 Å². The number of pyridine rings is 1. The molecule has 0 amide bonds. The number of fused-ring (bicyclic) bond motifs is 5. The number of aliphatic hydroxyl groups is 2. The van der Waals surface area contributed by atoms with Crippen molar-refractivity contribution in [2.45, 2.75) is 127 Å². The summed E-state index contributed by atoms with van der Waals surface area (Å²) in [4.78, 5) is 113. The predicted octanol–water partition coefficient (Wildman–Crippen LogP) is 1.27. The molecule has 2 saturated carbocycles. The van der Waals surface area contributed by atoms with Crippen LogP contribution in [0.4, 0.5) is 0 Å². The molecule has 2 aromatic rings. The van der Waals surface area contributed by atoms with Crippen LogP contribution in [0.1, 0.15) is 88.2 Å². The highest BCUT2D eigenvalue weighted by Crippen LogP contribution is 2.70. The number of cyclic esters (lactones) is 1. The van der Waals surface area contributed by atoms with E-state index in [1.165, 1.54) is 49.5 Å². The van der Waals surface area contributed by atoms with Crippen molar-refractivity contribution >= 4 is 47.8 Å². The van der Waals surface area contributed by atoms with E-state index in [2.05, 4.69) is 4.98 Å². The van der Waals surface area contributed by atoms with E-state index in [1.807, 2.05) is 0 Å². The van der Waals surface area contributed by atoms with Crippen molar-refractivity contribution in [2.75, 3.05) is 13.2 Å². The van der Waals surface area contributed by atoms with Crippen LogP contribution in [0.3, 0.4) is 0 Å². The highest BCUT2D eigenvalue weighted by atomic mass is 16.7. The Balaban J connectivity index is 1.79.